The predicted molar refractivity (Wildman–Crippen MR) is 36.9 cm³/mol. The highest BCUT2D eigenvalue weighted by Gasteiger charge is 2.07. The molecule has 0 radical (unpaired) electrons. The van der Waals surface area contributed by atoms with Crippen LogP contribution in [0.1, 0.15) is 6.42 Å². The largest absolute Gasteiger partial charge is 0.394 e. The first-order chi connectivity index (χ1) is 4.34. The number of allylic oxidation sites excluding steroid dienone is 3. The van der Waals surface area contributed by atoms with Crippen LogP contribution in [0, 0.1) is 0 Å². The van der Waals surface area contributed by atoms with Gasteiger partial charge < -0.3 is 10.8 Å². The summed E-state index contributed by atoms with van der Waals surface area (Å²) in [5, 5.41) is 8.60. The number of rotatable bonds is 2. The monoisotopic (exact) mass is 125 g/mol. The molecule has 0 unspecified atom stereocenters. The van der Waals surface area contributed by atoms with Gasteiger partial charge in [0.25, 0.3) is 0 Å². The highest BCUT2D eigenvalue weighted by molar-refractivity contribution is 5.26. The van der Waals surface area contributed by atoms with E-state index in [1.807, 2.05) is 18.2 Å². The summed E-state index contributed by atoms with van der Waals surface area (Å²) in [5.74, 6) is 0. The second kappa shape index (κ2) is 2.80. The van der Waals surface area contributed by atoms with Crippen molar-refractivity contribution < 1.29 is 5.11 Å². The van der Waals surface area contributed by atoms with Gasteiger partial charge in [0.1, 0.15) is 0 Å². The van der Waals surface area contributed by atoms with Gasteiger partial charge in [-0.25, -0.2) is 0 Å². The van der Waals surface area contributed by atoms with Crippen LogP contribution >= 0.6 is 0 Å². The van der Waals surface area contributed by atoms with E-state index in [4.69, 9.17) is 10.8 Å². The SMILES string of the molecule is N[C@@H](CO)C1=CC=CC1. The smallest absolute Gasteiger partial charge is 0.0621 e. The van der Waals surface area contributed by atoms with Crippen molar-refractivity contribution in [1.82, 2.24) is 0 Å². The number of aliphatic hydroxyl groups excluding tert-OH is 1. The lowest BCUT2D eigenvalue weighted by molar-refractivity contribution is 0.279. The summed E-state index contributed by atoms with van der Waals surface area (Å²) in [7, 11) is 0. The van der Waals surface area contributed by atoms with E-state index in [1.165, 1.54) is 0 Å². The van der Waals surface area contributed by atoms with Crippen LogP contribution < -0.4 is 5.73 Å². The van der Waals surface area contributed by atoms with Gasteiger partial charge in [0, 0.05) is 6.04 Å². The topological polar surface area (TPSA) is 46.2 Å². The third-order valence-electron chi connectivity index (χ3n) is 1.47. The molecule has 2 nitrogen and oxygen atoms in total. The molecule has 0 aromatic rings. The Kier molecular flexibility index (Phi) is 2.03. The molecule has 2 heteroatoms. The number of hydrogen-bond donors (Lipinski definition) is 2. The van der Waals surface area contributed by atoms with E-state index in [9.17, 15) is 0 Å². The summed E-state index contributed by atoms with van der Waals surface area (Å²) in [6, 6.07) is -0.153. The zero-order valence-corrected chi connectivity index (χ0v) is 5.25. The molecular formula is C7H11NO. The van der Waals surface area contributed by atoms with Gasteiger partial charge in [-0.3, -0.25) is 0 Å². The molecule has 0 saturated heterocycles. The maximum atomic E-state index is 8.60. The highest BCUT2D eigenvalue weighted by Crippen LogP contribution is 2.12. The minimum atomic E-state index is -0.153. The molecule has 0 aromatic carbocycles. The summed E-state index contributed by atoms with van der Waals surface area (Å²) in [6.07, 6.45) is 6.86. The Balaban J connectivity index is 2.45. The summed E-state index contributed by atoms with van der Waals surface area (Å²) >= 11 is 0. The Hall–Kier alpha value is -0.600. The van der Waals surface area contributed by atoms with Crippen molar-refractivity contribution in [3.05, 3.63) is 23.8 Å². The van der Waals surface area contributed by atoms with Crippen LogP contribution in [0.15, 0.2) is 23.8 Å². The van der Waals surface area contributed by atoms with Crippen molar-refractivity contribution in [2.45, 2.75) is 12.5 Å². The van der Waals surface area contributed by atoms with Crippen LogP contribution in [0.3, 0.4) is 0 Å². The molecule has 1 aliphatic rings. The Labute approximate surface area is 54.7 Å². The van der Waals surface area contributed by atoms with E-state index in [-0.39, 0.29) is 12.6 Å². The van der Waals surface area contributed by atoms with Gasteiger partial charge in [-0.2, -0.15) is 0 Å². The van der Waals surface area contributed by atoms with Gasteiger partial charge >= 0.3 is 0 Å². The second-order valence-corrected chi connectivity index (χ2v) is 2.16. The van der Waals surface area contributed by atoms with E-state index in [1.54, 1.807) is 0 Å². The average Bonchev–Trinajstić information content (AvgIpc) is 2.37. The number of aliphatic hydroxyl groups is 1. The Morgan fingerprint density at radius 3 is 3.00 bits per heavy atom. The summed E-state index contributed by atoms with van der Waals surface area (Å²) in [5.41, 5.74) is 6.64. The van der Waals surface area contributed by atoms with E-state index < -0.39 is 0 Å². The molecule has 0 aliphatic heterocycles. The van der Waals surface area contributed by atoms with Gasteiger partial charge in [0.15, 0.2) is 0 Å². The lowest BCUT2D eigenvalue weighted by Gasteiger charge is -2.07. The minimum Gasteiger partial charge on any atom is -0.394 e. The Morgan fingerprint density at radius 1 is 1.78 bits per heavy atom. The zero-order valence-electron chi connectivity index (χ0n) is 5.25. The highest BCUT2D eigenvalue weighted by atomic mass is 16.3. The lowest BCUT2D eigenvalue weighted by Crippen LogP contribution is -2.25. The Morgan fingerprint density at radius 2 is 2.56 bits per heavy atom. The van der Waals surface area contributed by atoms with Gasteiger partial charge in [-0.05, 0) is 12.0 Å². The van der Waals surface area contributed by atoms with Crippen molar-refractivity contribution >= 4 is 0 Å². The molecule has 0 heterocycles. The zero-order chi connectivity index (χ0) is 6.69. The minimum absolute atomic E-state index is 0.0491. The molecular weight excluding hydrogens is 114 g/mol. The first-order valence-electron chi connectivity index (χ1n) is 3.06. The standard InChI is InChI=1S/C7H11NO/c8-7(5-9)6-3-1-2-4-6/h1-3,7,9H,4-5,8H2/t7-/m0/s1. The van der Waals surface area contributed by atoms with Crippen LogP contribution in [0.25, 0.3) is 0 Å². The van der Waals surface area contributed by atoms with Crippen LogP contribution in [0.5, 0.6) is 0 Å². The normalized spacial score (nSPS) is 20.0. The molecule has 0 bridgehead atoms. The Bertz CT molecular complexity index is 149. The molecule has 9 heavy (non-hydrogen) atoms. The maximum absolute atomic E-state index is 8.60. The fourth-order valence-electron chi connectivity index (χ4n) is 0.856. The van der Waals surface area contributed by atoms with Crippen molar-refractivity contribution in [1.29, 1.82) is 0 Å². The van der Waals surface area contributed by atoms with Gasteiger partial charge in [-0.1, -0.05) is 18.2 Å². The van der Waals surface area contributed by atoms with E-state index in [0.29, 0.717) is 0 Å². The number of nitrogens with two attached hydrogens (primary N) is 1. The fraction of sp³-hybridized carbons (Fsp3) is 0.429. The van der Waals surface area contributed by atoms with Crippen LogP contribution in [0.4, 0.5) is 0 Å². The molecule has 1 rings (SSSR count). The first kappa shape index (κ1) is 6.52. The van der Waals surface area contributed by atoms with E-state index >= 15 is 0 Å². The molecule has 1 aliphatic carbocycles. The molecule has 1 atom stereocenters. The average molecular weight is 125 g/mol. The van der Waals surface area contributed by atoms with Gasteiger partial charge in [0.05, 0.1) is 6.61 Å². The number of hydrogen-bond acceptors (Lipinski definition) is 2. The molecule has 50 valence electrons. The van der Waals surface area contributed by atoms with E-state index in [0.717, 1.165) is 12.0 Å². The quantitative estimate of drug-likeness (QED) is 0.553. The van der Waals surface area contributed by atoms with Crippen LogP contribution in [-0.2, 0) is 0 Å². The van der Waals surface area contributed by atoms with Gasteiger partial charge in [-0.15, -0.1) is 0 Å². The summed E-state index contributed by atoms with van der Waals surface area (Å²) in [4.78, 5) is 0. The van der Waals surface area contributed by atoms with Crippen molar-refractivity contribution in [2.24, 2.45) is 5.73 Å². The molecule has 0 fully saturated rings. The second-order valence-electron chi connectivity index (χ2n) is 2.16. The third kappa shape index (κ3) is 1.40. The first-order valence-corrected chi connectivity index (χ1v) is 3.06. The van der Waals surface area contributed by atoms with Crippen LogP contribution in [0.2, 0.25) is 0 Å². The van der Waals surface area contributed by atoms with E-state index in [2.05, 4.69) is 0 Å². The molecule has 0 amide bonds. The maximum Gasteiger partial charge on any atom is 0.0621 e. The molecule has 0 saturated carbocycles. The molecule has 3 N–H and O–H groups in total. The third-order valence-corrected chi connectivity index (χ3v) is 1.47. The lowest BCUT2D eigenvalue weighted by atomic mass is 10.1. The molecule has 0 aromatic heterocycles. The molecule has 0 spiro atoms. The van der Waals surface area contributed by atoms with Gasteiger partial charge in [0.2, 0.25) is 0 Å². The predicted octanol–water partition coefficient (Wildman–Crippen LogP) is 0.192. The van der Waals surface area contributed by atoms with Crippen LogP contribution in [-0.4, -0.2) is 17.8 Å². The summed E-state index contributed by atoms with van der Waals surface area (Å²) in [6.45, 7) is 0.0491. The van der Waals surface area contributed by atoms with Crippen molar-refractivity contribution in [3.63, 3.8) is 0 Å². The summed E-state index contributed by atoms with van der Waals surface area (Å²) < 4.78 is 0. The van der Waals surface area contributed by atoms with Crippen molar-refractivity contribution in [3.8, 4) is 0 Å². The van der Waals surface area contributed by atoms with Crippen molar-refractivity contribution in [2.75, 3.05) is 6.61 Å². The fourth-order valence-corrected chi connectivity index (χ4v) is 0.856.